The molecule has 2 amide bonds. The Balaban J connectivity index is 2.02. The van der Waals surface area contributed by atoms with E-state index in [9.17, 15) is 23.2 Å². The second-order valence-corrected chi connectivity index (χ2v) is 5.84. The second-order valence-electron chi connectivity index (χ2n) is 5.41. The Morgan fingerprint density at radius 2 is 1.96 bits per heavy atom. The van der Waals surface area contributed by atoms with Crippen LogP contribution in [0.4, 0.5) is 14.5 Å². The van der Waals surface area contributed by atoms with Crippen molar-refractivity contribution >= 4 is 35.1 Å². The van der Waals surface area contributed by atoms with Crippen molar-refractivity contribution in [3.8, 4) is 0 Å². The van der Waals surface area contributed by atoms with Gasteiger partial charge in [-0.3, -0.25) is 9.59 Å². The molecule has 1 aliphatic heterocycles. The summed E-state index contributed by atoms with van der Waals surface area (Å²) < 4.78 is 24.7. The zero-order chi connectivity index (χ0) is 17.9. The van der Waals surface area contributed by atoms with Gasteiger partial charge in [-0.1, -0.05) is 11.6 Å². The van der Waals surface area contributed by atoms with Crippen LogP contribution in [-0.2, 0) is 14.4 Å². The molecule has 1 fully saturated rings. The zero-order valence-electron chi connectivity index (χ0n) is 12.4. The summed E-state index contributed by atoms with van der Waals surface area (Å²) in [5.74, 6) is -3.37. The largest absolute Gasteiger partial charge is 0.480 e. The number of benzene rings is 1. The number of halogens is 3. The van der Waals surface area contributed by atoms with E-state index in [4.69, 9.17) is 16.7 Å². The van der Waals surface area contributed by atoms with E-state index in [1.54, 1.807) is 24.3 Å². The van der Waals surface area contributed by atoms with E-state index < -0.39 is 36.7 Å². The van der Waals surface area contributed by atoms with Gasteiger partial charge in [-0.25, -0.2) is 13.6 Å². The quantitative estimate of drug-likeness (QED) is 0.811. The van der Waals surface area contributed by atoms with Crippen molar-refractivity contribution < 1.29 is 28.3 Å². The van der Waals surface area contributed by atoms with E-state index in [2.05, 4.69) is 5.32 Å². The molecule has 130 valence electrons. The third-order valence-corrected chi connectivity index (χ3v) is 3.91. The molecular formula is C15H15ClF2N2O4. The highest BCUT2D eigenvalue weighted by molar-refractivity contribution is 6.30. The van der Waals surface area contributed by atoms with E-state index in [1.807, 2.05) is 0 Å². The Bertz CT molecular complexity index is 639. The SMILES string of the molecule is O=C(NC(CC(F)F)C(=O)O)C1CC(=O)N(c2ccc(Cl)cc2)C1. The maximum absolute atomic E-state index is 12.4. The van der Waals surface area contributed by atoms with Crippen molar-refractivity contribution in [1.29, 1.82) is 0 Å². The average Bonchev–Trinajstić information content (AvgIpc) is 2.89. The molecule has 24 heavy (non-hydrogen) atoms. The van der Waals surface area contributed by atoms with Crippen LogP contribution in [0, 0.1) is 5.92 Å². The van der Waals surface area contributed by atoms with Gasteiger partial charge in [0, 0.05) is 30.1 Å². The number of aliphatic carboxylic acids is 1. The van der Waals surface area contributed by atoms with Crippen LogP contribution in [0.5, 0.6) is 0 Å². The Kier molecular flexibility index (Phi) is 5.71. The van der Waals surface area contributed by atoms with Crippen molar-refractivity contribution in [3.05, 3.63) is 29.3 Å². The highest BCUT2D eigenvalue weighted by Crippen LogP contribution is 2.26. The first-order valence-electron chi connectivity index (χ1n) is 7.15. The Morgan fingerprint density at radius 1 is 1.33 bits per heavy atom. The number of nitrogens with zero attached hydrogens (tertiary/aromatic N) is 1. The van der Waals surface area contributed by atoms with Crippen LogP contribution >= 0.6 is 11.6 Å². The molecule has 0 aromatic heterocycles. The number of carbonyl (C=O) groups excluding carboxylic acids is 2. The van der Waals surface area contributed by atoms with Crippen LogP contribution in [0.1, 0.15) is 12.8 Å². The molecule has 0 bridgehead atoms. The Morgan fingerprint density at radius 3 is 2.50 bits per heavy atom. The first-order chi connectivity index (χ1) is 11.3. The van der Waals surface area contributed by atoms with E-state index in [-0.39, 0.29) is 18.9 Å². The molecule has 1 aliphatic rings. The summed E-state index contributed by atoms with van der Waals surface area (Å²) in [6, 6.07) is 4.76. The predicted octanol–water partition coefficient (Wildman–Crippen LogP) is 1.92. The molecule has 9 heteroatoms. The molecule has 0 spiro atoms. The zero-order valence-corrected chi connectivity index (χ0v) is 13.2. The van der Waals surface area contributed by atoms with Gasteiger partial charge in [-0.2, -0.15) is 0 Å². The number of rotatable bonds is 6. The molecule has 0 saturated carbocycles. The Hall–Kier alpha value is -2.22. The number of hydrogen-bond acceptors (Lipinski definition) is 3. The van der Waals surface area contributed by atoms with Gasteiger partial charge < -0.3 is 15.3 Å². The highest BCUT2D eigenvalue weighted by atomic mass is 35.5. The summed E-state index contributed by atoms with van der Waals surface area (Å²) >= 11 is 5.78. The minimum atomic E-state index is -2.86. The van der Waals surface area contributed by atoms with Crippen LogP contribution in [0.3, 0.4) is 0 Å². The number of carbonyl (C=O) groups is 3. The number of alkyl halides is 2. The molecule has 0 radical (unpaired) electrons. The highest BCUT2D eigenvalue weighted by Gasteiger charge is 2.37. The summed E-state index contributed by atoms with van der Waals surface area (Å²) in [4.78, 5) is 36.5. The van der Waals surface area contributed by atoms with Crippen molar-refractivity contribution in [1.82, 2.24) is 5.32 Å². The van der Waals surface area contributed by atoms with Gasteiger partial charge in [0.1, 0.15) is 6.04 Å². The van der Waals surface area contributed by atoms with E-state index in [0.717, 1.165) is 0 Å². The molecule has 2 N–H and O–H groups in total. The number of hydrogen-bond donors (Lipinski definition) is 2. The van der Waals surface area contributed by atoms with E-state index in [1.165, 1.54) is 4.90 Å². The standard InChI is InChI=1S/C15H15ClF2N2O4/c16-9-1-3-10(4-2-9)20-7-8(5-13(20)21)14(22)19-11(15(23)24)6-12(17)18/h1-4,8,11-12H,5-7H2,(H,19,22)(H,23,24). The van der Waals surface area contributed by atoms with E-state index in [0.29, 0.717) is 10.7 Å². The predicted molar refractivity (Wildman–Crippen MR) is 82.1 cm³/mol. The van der Waals surface area contributed by atoms with Crippen molar-refractivity contribution in [2.24, 2.45) is 5.92 Å². The minimum absolute atomic E-state index is 0.0489. The monoisotopic (exact) mass is 360 g/mol. The summed E-state index contributed by atoms with van der Waals surface area (Å²) in [6.07, 6.45) is -3.96. The third kappa shape index (κ3) is 4.41. The normalized spacial score (nSPS) is 18.8. The van der Waals surface area contributed by atoms with Crippen molar-refractivity contribution in [3.63, 3.8) is 0 Å². The molecule has 1 aromatic rings. The molecule has 2 unspecified atom stereocenters. The lowest BCUT2D eigenvalue weighted by Crippen LogP contribution is -2.45. The van der Waals surface area contributed by atoms with Crippen LogP contribution in [0.25, 0.3) is 0 Å². The minimum Gasteiger partial charge on any atom is -0.480 e. The first-order valence-corrected chi connectivity index (χ1v) is 7.53. The summed E-state index contributed by atoms with van der Waals surface area (Å²) in [6.45, 7) is 0.0489. The maximum atomic E-state index is 12.4. The van der Waals surface area contributed by atoms with E-state index >= 15 is 0 Å². The lowest BCUT2D eigenvalue weighted by Gasteiger charge is -2.18. The fourth-order valence-corrected chi connectivity index (χ4v) is 2.57. The summed E-state index contributed by atoms with van der Waals surface area (Å²) in [5.41, 5.74) is 0.557. The molecular weight excluding hydrogens is 346 g/mol. The maximum Gasteiger partial charge on any atom is 0.326 e. The smallest absolute Gasteiger partial charge is 0.326 e. The van der Waals surface area contributed by atoms with Gasteiger partial charge in [-0.15, -0.1) is 0 Å². The van der Waals surface area contributed by atoms with Gasteiger partial charge in [0.05, 0.1) is 5.92 Å². The summed E-state index contributed by atoms with van der Waals surface area (Å²) in [7, 11) is 0. The molecule has 2 rings (SSSR count). The number of carboxylic acids is 1. The molecule has 1 saturated heterocycles. The Labute approximate surface area is 141 Å². The summed E-state index contributed by atoms with van der Waals surface area (Å²) in [5, 5.41) is 11.5. The average molecular weight is 361 g/mol. The molecule has 2 atom stereocenters. The fourth-order valence-electron chi connectivity index (χ4n) is 2.44. The van der Waals surface area contributed by atoms with Gasteiger partial charge in [-0.05, 0) is 24.3 Å². The van der Waals surface area contributed by atoms with Crippen LogP contribution in [-0.4, -0.2) is 41.9 Å². The number of nitrogens with one attached hydrogen (secondary N) is 1. The second kappa shape index (κ2) is 7.57. The van der Waals surface area contributed by atoms with Gasteiger partial charge in [0.25, 0.3) is 0 Å². The third-order valence-electron chi connectivity index (χ3n) is 3.66. The van der Waals surface area contributed by atoms with Crippen molar-refractivity contribution in [2.75, 3.05) is 11.4 Å². The van der Waals surface area contributed by atoms with Crippen LogP contribution in [0.2, 0.25) is 5.02 Å². The number of anilines is 1. The van der Waals surface area contributed by atoms with Gasteiger partial charge >= 0.3 is 5.97 Å². The van der Waals surface area contributed by atoms with Gasteiger partial charge in [0.2, 0.25) is 18.2 Å². The topological polar surface area (TPSA) is 86.7 Å². The number of carboxylic acid groups (broad SMARTS) is 1. The van der Waals surface area contributed by atoms with Gasteiger partial charge in [0.15, 0.2) is 0 Å². The fraction of sp³-hybridized carbons (Fsp3) is 0.400. The van der Waals surface area contributed by atoms with Crippen LogP contribution < -0.4 is 10.2 Å². The number of amides is 2. The van der Waals surface area contributed by atoms with Crippen LogP contribution in [0.15, 0.2) is 24.3 Å². The lowest BCUT2D eigenvalue weighted by atomic mass is 10.1. The molecule has 1 heterocycles. The lowest BCUT2D eigenvalue weighted by molar-refractivity contribution is -0.143. The molecule has 0 aliphatic carbocycles. The molecule has 1 aromatic carbocycles. The van der Waals surface area contributed by atoms with Crippen molar-refractivity contribution in [2.45, 2.75) is 25.3 Å². The first kappa shape index (κ1) is 18.1. The molecule has 6 nitrogen and oxygen atoms in total.